The molecular formula is C30H27N3O6. The van der Waals surface area contributed by atoms with Crippen LogP contribution in [-0.4, -0.2) is 54.1 Å². The first-order valence-corrected chi connectivity index (χ1v) is 12.7. The maximum absolute atomic E-state index is 13.1. The second-order valence-electron chi connectivity index (χ2n) is 9.53. The summed E-state index contributed by atoms with van der Waals surface area (Å²) in [5.41, 5.74) is 4.03. The molecule has 2 aliphatic heterocycles. The molecule has 0 saturated carbocycles. The van der Waals surface area contributed by atoms with Gasteiger partial charge in [-0.05, 0) is 59.4 Å². The number of nitrogens with one attached hydrogen (secondary N) is 2. The van der Waals surface area contributed by atoms with Gasteiger partial charge in [0.1, 0.15) is 11.8 Å². The van der Waals surface area contributed by atoms with Crippen molar-refractivity contribution in [1.29, 1.82) is 0 Å². The number of rotatable bonds is 8. The van der Waals surface area contributed by atoms with Crippen molar-refractivity contribution in [3.8, 4) is 16.9 Å². The number of imide groups is 2. The van der Waals surface area contributed by atoms with Gasteiger partial charge in [0, 0.05) is 13.0 Å². The molecule has 0 radical (unpaired) electrons. The summed E-state index contributed by atoms with van der Waals surface area (Å²) in [6.07, 6.45) is 1.12. The van der Waals surface area contributed by atoms with Gasteiger partial charge in [-0.2, -0.15) is 0 Å². The minimum Gasteiger partial charge on any atom is -0.497 e. The number of benzene rings is 3. The van der Waals surface area contributed by atoms with Crippen molar-refractivity contribution < 1.29 is 28.7 Å². The molecule has 3 aromatic rings. The van der Waals surface area contributed by atoms with Crippen LogP contribution in [0.5, 0.6) is 5.75 Å². The Labute approximate surface area is 225 Å². The molecular weight excluding hydrogens is 498 g/mol. The van der Waals surface area contributed by atoms with E-state index in [1.807, 2.05) is 48.5 Å². The molecule has 2 N–H and O–H groups in total. The molecule has 3 aromatic carbocycles. The molecule has 2 aliphatic rings. The summed E-state index contributed by atoms with van der Waals surface area (Å²) in [7, 11) is 1.59. The van der Waals surface area contributed by atoms with Crippen LogP contribution in [0, 0.1) is 0 Å². The van der Waals surface area contributed by atoms with E-state index in [-0.39, 0.29) is 36.3 Å². The molecule has 5 rings (SSSR count). The third kappa shape index (κ3) is 5.43. The van der Waals surface area contributed by atoms with Crippen molar-refractivity contribution >= 4 is 29.5 Å². The molecule has 39 heavy (non-hydrogen) atoms. The van der Waals surface area contributed by atoms with Crippen LogP contribution in [0.1, 0.15) is 44.7 Å². The second-order valence-corrected chi connectivity index (χ2v) is 9.53. The predicted octanol–water partition coefficient (Wildman–Crippen LogP) is 2.66. The molecule has 2 heterocycles. The van der Waals surface area contributed by atoms with Crippen LogP contribution in [0.4, 0.5) is 0 Å². The van der Waals surface area contributed by atoms with Crippen molar-refractivity contribution in [2.24, 2.45) is 0 Å². The maximum Gasteiger partial charge on any atom is 0.262 e. The van der Waals surface area contributed by atoms with E-state index >= 15 is 0 Å². The van der Waals surface area contributed by atoms with Crippen LogP contribution < -0.4 is 15.4 Å². The number of piperidine rings is 1. The predicted molar refractivity (Wildman–Crippen MR) is 142 cm³/mol. The first-order valence-electron chi connectivity index (χ1n) is 12.7. The van der Waals surface area contributed by atoms with Gasteiger partial charge in [-0.3, -0.25) is 34.2 Å². The third-order valence-corrected chi connectivity index (χ3v) is 6.96. The largest absolute Gasteiger partial charge is 0.497 e. The number of hydrogen-bond donors (Lipinski definition) is 2. The van der Waals surface area contributed by atoms with Gasteiger partial charge < -0.3 is 10.1 Å². The fourth-order valence-corrected chi connectivity index (χ4v) is 4.89. The molecule has 0 aliphatic carbocycles. The molecule has 1 fully saturated rings. The lowest BCUT2D eigenvalue weighted by atomic mass is 9.99. The van der Waals surface area contributed by atoms with E-state index in [0.717, 1.165) is 27.2 Å². The second kappa shape index (κ2) is 10.9. The smallest absolute Gasteiger partial charge is 0.262 e. The quantitative estimate of drug-likeness (QED) is 0.436. The average molecular weight is 526 g/mol. The standard InChI is InChI=1S/C30H27N3O6/c1-39-22-4-2-3-19(15-22)16-27(35)31-14-13-18-5-7-20(8-6-18)21-9-10-23-24(17-21)30(38)33(29(23)37)25-11-12-26(34)32-28(25)36/h2-10,15,17,25H,11-14,16H2,1H3,(H,31,35)(H,32,34,36). The van der Waals surface area contributed by atoms with Gasteiger partial charge in [0.15, 0.2) is 0 Å². The number of ether oxygens (including phenoxy) is 1. The highest BCUT2D eigenvalue weighted by atomic mass is 16.5. The van der Waals surface area contributed by atoms with Gasteiger partial charge in [0.2, 0.25) is 17.7 Å². The zero-order valence-electron chi connectivity index (χ0n) is 21.4. The van der Waals surface area contributed by atoms with Gasteiger partial charge in [0.05, 0.1) is 24.7 Å². The molecule has 0 spiro atoms. The number of hydrogen-bond acceptors (Lipinski definition) is 6. The summed E-state index contributed by atoms with van der Waals surface area (Å²) in [5, 5.41) is 5.14. The third-order valence-electron chi connectivity index (χ3n) is 6.96. The van der Waals surface area contributed by atoms with Gasteiger partial charge >= 0.3 is 0 Å². The van der Waals surface area contributed by atoms with Crippen molar-refractivity contribution in [3.05, 3.63) is 89.0 Å². The Kier molecular flexibility index (Phi) is 7.23. The first-order chi connectivity index (χ1) is 18.8. The summed E-state index contributed by atoms with van der Waals surface area (Å²) in [4.78, 5) is 63.0. The Hall–Kier alpha value is -4.79. The van der Waals surface area contributed by atoms with Gasteiger partial charge in [-0.15, -0.1) is 0 Å². The zero-order chi connectivity index (χ0) is 27.5. The molecule has 9 nitrogen and oxygen atoms in total. The van der Waals surface area contributed by atoms with Crippen LogP contribution in [0.2, 0.25) is 0 Å². The summed E-state index contributed by atoms with van der Waals surface area (Å²) >= 11 is 0. The number of amides is 5. The van der Waals surface area contributed by atoms with E-state index in [0.29, 0.717) is 18.7 Å². The van der Waals surface area contributed by atoms with Crippen molar-refractivity contribution in [2.75, 3.05) is 13.7 Å². The van der Waals surface area contributed by atoms with Crippen LogP contribution >= 0.6 is 0 Å². The van der Waals surface area contributed by atoms with Gasteiger partial charge in [-0.1, -0.05) is 42.5 Å². The Morgan fingerprint density at radius 2 is 1.67 bits per heavy atom. The molecule has 9 heteroatoms. The van der Waals surface area contributed by atoms with Crippen LogP contribution in [0.15, 0.2) is 66.7 Å². The average Bonchev–Trinajstić information content (AvgIpc) is 3.18. The summed E-state index contributed by atoms with van der Waals surface area (Å²) in [6.45, 7) is 0.494. The fourth-order valence-electron chi connectivity index (χ4n) is 4.89. The first kappa shape index (κ1) is 25.8. The molecule has 0 bridgehead atoms. The molecule has 198 valence electrons. The van der Waals surface area contributed by atoms with Crippen molar-refractivity contribution in [2.45, 2.75) is 31.7 Å². The summed E-state index contributed by atoms with van der Waals surface area (Å²) in [5.74, 6) is -1.45. The monoisotopic (exact) mass is 525 g/mol. The van der Waals surface area contributed by atoms with Crippen LogP contribution in [0.25, 0.3) is 11.1 Å². The van der Waals surface area contributed by atoms with E-state index < -0.39 is 29.7 Å². The SMILES string of the molecule is COc1cccc(CC(=O)NCCc2ccc(-c3ccc4c(c3)C(=O)N(C3CCC(=O)NC3=O)C4=O)cc2)c1. The number of methoxy groups -OCH3 is 1. The van der Waals surface area contributed by atoms with E-state index in [1.54, 1.807) is 25.3 Å². The summed E-state index contributed by atoms with van der Waals surface area (Å²) in [6, 6.07) is 19.2. The normalized spacial score (nSPS) is 16.6. The Bertz CT molecular complexity index is 1480. The highest BCUT2D eigenvalue weighted by Crippen LogP contribution is 2.31. The molecule has 0 aromatic heterocycles. The minimum atomic E-state index is -0.992. The van der Waals surface area contributed by atoms with E-state index in [9.17, 15) is 24.0 Å². The lowest BCUT2D eigenvalue weighted by Gasteiger charge is -2.27. The van der Waals surface area contributed by atoms with Crippen LogP contribution in [0.3, 0.4) is 0 Å². The van der Waals surface area contributed by atoms with E-state index in [2.05, 4.69) is 10.6 Å². The number of nitrogens with zero attached hydrogens (tertiary/aromatic N) is 1. The number of carbonyl (C=O) groups excluding carboxylic acids is 5. The fraction of sp³-hybridized carbons (Fsp3) is 0.233. The Balaban J connectivity index is 1.20. The minimum absolute atomic E-state index is 0.0661. The highest BCUT2D eigenvalue weighted by Gasteiger charge is 2.44. The van der Waals surface area contributed by atoms with Gasteiger partial charge in [-0.25, -0.2) is 0 Å². The van der Waals surface area contributed by atoms with Gasteiger partial charge in [0.25, 0.3) is 11.8 Å². The van der Waals surface area contributed by atoms with E-state index in [1.165, 1.54) is 0 Å². The zero-order valence-corrected chi connectivity index (χ0v) is 21.4. The number of fused-ring (bicyclic) bond motifs is 1. The molecule has 1 atom stereocenters. The van der Waals surface area contributed by atoms with Crippen molar-refractivity contribution in [3.63, 3.8) is 0 Å². The Morgan fingerprint density at radius 1 is 0.923 bits per heavy atom. The number of carbonyl (C=O) groups is 5. The van der Waals surface area contributed by atoms with E-state index in [4.69, 9.17) is 4.74 Å². The van der Waals surface area contributed by atoms with Crippen molar-refractivity contribution in [1.82, 2.24) is 15.5 Å². The topological polar surface area (TPSA) is 122 Å². The highest BCUT2D eigenvalue weighted by molar-refractivity contribution is 6.23. The van der Waals surface area contributed by atoms with Crippen LogP contribution in [-0.2, 0) is 27.2 Å². The lowest BCUT2D eigenvalue weighted by molar-refractivity contribution is -0.136. The molecule has 1 unspecified atom stereocenters. The lowest BCUT2D eigenvalue weighted by Crippen LogP contribution is -2.54. The Morgan fingerprint density at radius 3 is 2.41 bits per heavy atom. The maximum atomic E-state index is 13.1. The molecule has 5 amide bonds. The summed E-state index contributed by atoms with van der Waals surface area (Å²) < 4.78 is 5.20. The molecule has 1 saturated heterocycles.